The summed E-state index contributed by atoms with van der Waals surface area (Å²) < 4.78 is 15.7. The molecule has 0 saturated carbocycles. The molecular weight excluding hydrogens is 432 g/mol. The van der Waals surface area contributed by atoms with Crippen molar-refractivity contribution < 1.29 is 29.2 Å². The molecule has 2 atom stereocenters. The molecule has 2 N–H and O–H groups in total. The lowest BCUT2D eigenvalue weighted by Gasteiger charge is -2.14. The summed E-state index contributed by atoms with van der Waals surface area (Å²) in [7, 11) is 1.67. The molecule has 0 saturated heterocycles. The van der Waals surface area contributed by atoms with Gasteiger partial charge in [-0.05, 0) is 43.5 Å². The molecule has 0 bridgehead atoms. The van der Waals surface area contributed by atoms with E-state index in [1.165, 1.54) is 62.7 Å². The van der Waals surface area contributed by atoms with Crippen molar-refractivity contribution in [1.82, 2.24) is 0 Å². The molecule has 1 aromatic rings. The van der Waals surface area contributed by atoms with Crippen molar-refractivity contribution >= 4 is 5.97 Å². The normalized spacial score (nSPS) is 13.2. The number of carbonyl (C=O) groups excluding carboxylic acids is 1. The van der Waals surface area contributed by atoms with E-state index in [9.17, 15) is 15.0 Å². The van der Waals surface area contributed by atoms with Crippen LogP contribution in [0.5, 0.6) is 5.75 Å². The minimum absolute atomic E-state index is 0.296. The fourth-order valence-electron chi connectivity index (χ4n) is 3.73. The van der Waals surface area contributed by atoms with Gasteiger partial charge in [0.05, 0.1) is 32.5 Å². The third-order valence-corrected chi connectivity index (χ3v) is 5.83. The van der Waals surface area contributed by atoms with Crippen molar-refractivity contribution in [3.63, 3.8) is 0 Å². The van der Waals surface area contributed by atoms with Crippen LogP contribution in [0.2, 0.25) is 0 Å². The number of benzene rings is 1. The lowest BCUT2D eigenvalue weighted by atomic mass is 10.0. The number of rotatable bonds is 21. The summed E-state index contributed by atoms with van der Waals surface area (Å²) in [6, 6.07) is 8.01. The van der Waals surface area contributed by atoms with Gasteiger partial charge in [0.15, 0.2) is 0 Å². The van der Waals surface area contributed by atoms with E-state index in [2.05, 4.69) is 0 Å². The number of ether oxygens (including phenoxy) is 3. The summed E-state index contributed by atoms with van der Waals surface area (Å²) in [5.74, 6) is 0.376. The average Bonchev–Trinajstić information content (AvgIpc) is 2.85. The molecule has 0 radical (unpaired) electrons. The third kappa shape index (κ3) is 15.9. The zero-order chi connectivity index (χ0) is 24.9. The van der Waals surface area contributed by atoms with Gasteiger partial charge in [0, 0.05) is 12.7 Å². The highest BCUT2D eigenvalue weighted by atomic mass is 16.5. The van der Waals surface area contributed by atoms with Crippen molar-refractivity contribution in [2.24, 2.45) is 0 Å². The van der Waals surface area contributed by atoms with E-state index >= 15 is 0 Å². The maximum absolute atomic E-state index is 11.2. The van der Waals surface area contributed by atoms with Gasteiger partial charge in [-0.3, -0.25) is 0 Å². The van der Waals surface area contributed by atoms with Gasteiger partial charge in [-0.2, -0.15) is 0 Å². The van der Waals surface area contributed by atoms with Crippen molar-refractivity contribution in [2.75, 3.05) is 20.3 Å². The molecule has 1 aromatic carbocycles. The van der Waals surface area contributed by atoms with Crippen molar-refractivity contribution in [3.8, 4) is 5.75 Å². The van der Waals surface area contributed by atoms with Gasteiger partial charge >= 0.3 is 5.97 Å². The van der Waals surface area contributed by atoms with Crippen LogP contribution < -0.4 is 4.74 Å². The topological polar surface area (TPSA) is 85.2 Å². The Kier molecular flexibility index (Phi) is 18.2. The monoisotopic (exact) mass is 478 g/mol. The highest BCUT2D eigenvalue weighted by Gasteiger charge is 2.13. The van der Waals surface area contributed by atoms with E-state index < -0.39 is 18.2 Å². The zero-order valence-corrected chi connectivity index (χ0v) is 21.3. The van der Waals surface area contributed by atoms with Crippen LogP contribution in [0.25, 0.3) is 0 Å². The van der Waals surface area contributed by atoms with E-state index in [4.69, 9.17) is 14.2 Å². The van der Waals surface area contributed by atoms with E-state index in [0.717, 1.165) is 38.0 Å². The van der Waals surface area contributed by atoms with Crippen LogP contribution in [-0.4, -0.2) is 48.7 Å². The first-order chi connectivity index (χ1) is 16.6. The van der Waals surface area contributed by atoms with E-state index in [-0.39, 0.29) is 0 Å². The molecular formula is C28H46O6. The summed E-state index contributed by atoms with van der Waals surface area (Å²) in [6.07, 6.45) is 14.2. The second-order valence-electron chi connectivity index (χ2n) is 8.75. The van der Waals surface area contributed by atoms with Gasteiger partial charge in [-0.1, -0.05) is 76.3 Å². The Bertz CT molecular complexity index is 643. The first-order valence-corrected chi connectivity index (χ1v) is 13.0. The summed E-state index contributed by atoms with van der Waals surface area (Å²) in [4.78, 5) is 11.2. The fraction of sp³-hybridized carbons (Fsp3) is 0.679. The molecule has 194 valence electrons. The smallest absolute Gasteiger partial charge is 0.330 e. The molecule has 0 fully saturated rings. The molecule has 6 nitrogen and oxygen atoms in total. The van der Waals surface area contributed by atoms with Crippen LogP contribution in [0.4, 0.5) is 0 Å². The zero-order valence-electron chi connectivity index (χ0n) is 21.3. The molecule has 0 amide bonds. The molecule has 0 aliphatic carbocycles. The predicted octanol–water partition coefficient (Wildman–Crippen LogP) is 5.73. The summed E-state index contributed by atoms with van der Waals surface area (Å²) >= 11 is 0. The molecule has 0 aliphatic rings. The minimum Gasteiger partial charge on any atom is -0.497 e. The number of unbranched alkanes of at least 4 members (excludes halogenated alkanes) is 10. The first kappa shape index (κ1) is 30.1. The Morgan fingerprint density at radius 3 is 2.00 bits per heavy atom. The Hall–Kier alpha value is -1.89. The van der Waals surface area contributed by atoms with Crippen LogP contribution in [0.15, 0.2) is 36.4 Å². The third-order valence-electron chi connectivity index (χ3n) is 5.83. The molecule has 0 heterocycles. The van der Waals surface area contributed by atoms with Gasteiger partial charge in [-0.15, -0.1) is 0 Å². The van der Waals surface area contributed by atoms with Crippen LogP contribution >= 0.6 is 0 Å². The number of aliphatic hydroxyl groups is 2. The second-order valence-corrected chi connectivity index (χ2v) is 8.75. The molecule has 0 aromatic heterocycles. The highest BCUT2D eigenvalue weighted by molar-refractivity contribution is 5.81. The van der Waals surface area contributed by atoms with Gasteiger partial charge in [0.25, 0.3) is 0 Å². The van der Waals surface area contributed by atoms with Gasteiger partial charge in [0.1, 0.15) is 5.75 Å². The SMILES string of the molecule is CCOC(=O)/C=C/[C@H](O)[C@@H](O)CCCCCCCCCCCCCOCc1ccc(OC)cc1. The molecule has 0 spiro atoms. The molecule has 0 unspecified atom stereocenters. The lowest BCUT2D eigenvalue weighted by molar-refractivity contribution is -0.137. The van der Waals surface area contributed by atoms with Gasteiger partial charge < -0.3 is 24.4 Å². The quantitative estimate of drug-likeness (QED) is 0.133. The van der Waals surface area contributed by atoms with Crippen LogP contribution in [-0.2, 0) is 20.9 Å². The highest BCUT2D eigenvalue weighted by Crippen LogP contribution is 2.15. The fourth-order valence-corrected chi connectivity index (χ4v) is 3.73. The second kappa shape index (κ2) is 20.5. The Labute approximate surface area is 206 Å². The molecule has 1 rings (SSSR count). The van der Waals surface area contributed by atoms with Crippen molar-refractivity contribution in [2.45, 2.75) is 103 Å². The predicted molar refractivity (Wildman–Crippen MR) is 136 cm³/mol. The van der Waals surface area contributed by atoms with E-state index in [0.29, 0.717) is 19.6 Å². The van der Waals surface area contributed by atoms with E-state index in [1.807, 2.05) is 24.3 Å². The Morgan fingerprint density at radius 2 is 1.44 bits per heavy atom. The summed E-state index contributed by atoms with van der Waals surface area (Å²) in [6.45, 7) is 3.50. The maximum Gasteiger partial charge on any atom is 0.330 e. The number of hydrogen-bond donors (Lipinski definition) is 2. The summed E-state index contributed by atoms with van der Waals surface area (Å²) in [5.41, 5.74) is 1.18. The largest absolute Gasteiger partial charge is 0.497 e. The molecule has 6 heteroatoms. The number of hydrogen-bond acceptors (Lipinski definition) is 6. The molecule has 0 aliphatic heterocycles. The number of methoxy groups -OCH3 is 1. The standard InChI is InChI=1S/C28H46O6/c1-3-34-28(31)21-20-27(30)26(29)15-13-11-9-7-5-4-6-8-10-12-14-22-33-23-24-16-18-25(32-2)19-17-24/h16-21,26-27,29-30H,3-15,22-23H2,1-2H3/b21-20+/t26-,27-/m0/s1. The van der Waals surface area contributed by atoms with Gasteiger partial charge in [-0.25, -0.2) is 4.79 Å². The average molecular weight is 479 g/mol. The first-order valence-electron chi connectivity index (χ1n) is 13.0. The minimum atomic E-state index is -1.02. The number of esters is 1. The number of aliphatic hydroxyl groups excluding tert-OH is 2. The molecule has 34 heavy (non-hydrogen) atoms. The Balaban J connectivity index is 1.84. The van der Waals surface area contributed by atoms with Crippen LogP contribution in [0.3, 0.4) is 0 Å². The van der Waals surface area contributed by atoms with Crippen LogP contribution in [0, 0.1) is 0 Å². The van der Waals surface area contributed by atoms with Crippen LogP contribution in [0.1, 0.15) is 89.5 Å². The Morgan fingerprint density at radius 1 is 0.882 bits per heavy atom. The lowest BCUT2D eigenvalue weighted by Crippen LogP contribution is -2.23. The maximum atomic E-state index is 11.2. The van der Waals surface area contributed by atoms with E-state index in [1.54, 1.807) is 14.0 Å². The van der Waals surface area contributed by atoms with Crippen molar-refractivity contribution in [3.05, 3.63) is 42.0 Å². The number of carbonyl (C=O) groups is 1. The van der Waals surface area contributed by atoms with Gasteiger partial charge in [0.2, 0.25) is 0 Å². The summed E-state index contributed by atoms with van der Waals surface area (Å²) in [5, 5.41) is 19.8. The van der Waals surface area contributed by atoms with Crippen molar-refractivity contribution in [1.29, 1.82) is 0 Å².